The second kappa shape index (κ2) is 7.19. The summed E-state index contributed by atoms with van der Waals surface area (Å²) < 4.78 is 3.23. The Hall–Kier alpha value is -2.12. The summed E-state index contributed by atoms with van der Waals surface area (Å²) in [5, 5.41) is 16.2. The molecular weight excluding hydrogens is 312 g/mol. The predicted molar refractivity (Wildman–Crippen MR) is 85.5 cm³/mol. The number of amides is 1. The van der Waals surface area contributed by atoms with E-state index in [1.54, 1.807) is 4.57 Å². The normalized spacial score (nSPS) is 23.0. The molecule has 1 aliphatic carbocycles. The minimum absolute atomic E-state index is 0.0591. The number of fused-ring (bicyclic) bond motifs is 1. The monoisotopic (exact) mass is 336 g/mol. The number of aliphatic carboxylic acids is 1. The summed E-state index contributed by atoms with van der Waals surface area (Å²) >= 11 is 0. The molecule has 2 N–H and O–H groups in total. The summed E-state index contributed by atoms with van der Waals surface area (Å²) in [6.45, 7) is 1.71. The van der Waals surface area contributed by atoms with Gasteiger partial charge in [-0.3, -0.25) is 14.2 Å². The smallest absolute Gasteiger partial charge is 0.345 e. The van der Waals surface area contributed by atoms with E-state index in [2.05, 4.69) is 10.4 Å². The Balaban J connectivity index is 1.43. The molecule has 2 atom stereocenters. The first kappa shape index (κ1) is 16.7. The van der Waals surface area contributed by atoms with Gasteiger partial charge in [0.15, 0.2) is 0 Å². The van der Waals surface area contributed by atoms with Crippen LogP contribution in [0.4, 0.5) is 0 Å². The zero-order valence-corrected chi connectivity index (χ0v) is 13.7. The quantitative estimate of drug-likeness (QED) is 0.731. The van der Waals surface area contributed by atoms with Gasteiger partial charge in [-0.1, -0.05) is 0 Å². The van der Waals surface area contributed by atoms with Crippen LogP contribution < -0.4 is 11.0 Å². The van der Waals surface area contributed by atoms with Crippen molar-refractivity contribution in [1.82, 2.24) is 19.7 Å². The molecule has 0 saturated heterocycles. The first-order valence-corrected chi connectivity index (χ1v) is 8.73. The van der Waals surface area contributed by atoms with Crippen molar-refractivity contribution in [2.45, 2.75) is 58.0 Å². The zero-order chi connectivity index (χ0) is 17.1. The molecular formula is C16H24N4O4. The Kier molecular flexibility index (Phi) is 5.01. The van der Waals surface area contributed by atoms with Crippen LogP contribution >= 0.6 is 0 Å². The molecule has 1 aromatic heterocycles. The van der Waals surface area contributed by atoms with Crippen molar-refractivity contribution in [2.75, 3.05) is 6.54 Å². The summed E-state index contributed by atoms with van der Waals surface area (Å²) in [4.78, 5) is 35.2. The van der Waals surface area contributed by atoms with Gasteiger partial charge in [-0.15, -0.1) is 0 Å². The van der Waals surface area contributed by atoms with E-state index < -0.39 is 11.9 Å². The Morgan fingerprint density at radius 2 is 2.04 bits per heavy atom. The maximum absolute atomic E-state index is 12.2. The molecule has 0 radical (unpaired) electrons. The average molecular weight is 336 g/mol. The summed E-state index contributed by atoms with van der Waals surface area (Å²) in [5.41, 5.74) is -0.0591. The van der Waals surface area contributed by atoms with E-state index in [0.29, 0.717) is 38.8 Å². The Morgan fingerprint density at radius 3 is 2.75 bits per heavy atom. The molecule has 1 saturated carbocycles. The van der Waals surface area contributed by atoms with Crippen LogP contribution in [0.1, 0.15) is 44.3 Å². The largest absolute Gasteiger partial charge is 0.481 e. The third-order valence-corrected chi connectivity index (χ3v) is 5.03. The van der Waals surface area contributed by atoms with Gasteiger partial charge in [-0.05, 0) is 38.5 Å². The number of carboxylic acids is 1. The number of aryl methyl sites for hydroxylation is 2. The highest BCUT2D eigenvalue weighted by Crippen LogP contribution is 2.31. The number of rotatable bonds is 6. The molecule has 0 spiro atoms. The summed E-state index contributed by atoms with van der Waals surface area (Å²) in [5.74, 6) is -0.616. The number of carbonyl (C=O) groups is 2. The Morgan fingerprint density at radius 1 is 1.25 bits per heavy atom. The number of hydrogen-bond acceptors (Lipinski definition) is 4. The van der Waals surface area contributed by atoms with Crippen molar-refractivity contribution < 1.29 is 14.7 Å². The molecule has 0 bridgehead atoms. The number of nitrogens with zero attached hydrogens (tertiary/aromatic N) is 3. The zero-order valence-electron chi connectivity index (χ0n) is 13.7. The second-order valence-corrected chi connectivity index (χ2v) is 6.72. The molecule has 1 amide bonds. The van der Waals surface area contributed by atoms with Gasteiger partial charge in [0, 0.05) is 32.0 Å². The highest BCUT2D eigenvalue weighted by atomic mass is 16.4. The van der Waals surface area contributed by atoms with Crippen molar-refractivity contribution in [3.8, 4) is 0 Å². The van der Waals surface area contributed by atoms with E-state index in [4.69, 9.17) is 5.11 Å². The first-order chi connectivity index (χ1) is 11.6. The molecule has 2 aliphatic rings. The molecule has 1 aromatic rings. The Bertz CT molecular complexity index is 678. The maximum Gasteiger partial charge on any atom is 0.345 e. The van der Waals surface area contributed by atoms with E-state index in [0.717, 1.165) is 31.6 Å². The molecule has 1 aliphatic heterocycles. The van der Waals surface area contributed by atoms with E-state index in [1.165, 1.54) is 4.68 Å². The highest BCUT2D eigenvalue weighted by molar-refractivity contribution is 5.80. The minimum Gasteiger partial charge on any atom is -0.481 e. The molecule has 1 fully saturated rings. The maximum atomic E-state index is 12.2. The van der Waals surface area contributed by atoms with Crippen LogP contribution in [0.25, 0.3) is 0 Å². The highest BCUT2D eigenvalue weighted by Gasteiger charge is 2.33. The van der Waals surface area contributed by atoms with E-state index in [9.17, 15) is 14.4 Å². The van der Waals surface area contributed by atoms with Gasteiger partial charge in [0.25, 0.3) is 0 Å². The lowest BCUT2D eigenvalue weighted by molar-refractivity contribution is -0.141. The van der Waals surface area contributed by atoms with Gasteiger partial charge in [0.2, 0.25) is 5.91 Å². The van der Waals surface area contributed by atoms with Gasteiger partial charge < -0.3 is 10.4 Å². The van der Waals surface area contributed by atoms with Gasteiger partial charge in [0.1, 0.15) is 5.82 Å². The van der Waals surface area contributed by atoms with Gasteiger partial charge in [0.05, 0.1) is 5.92 Å². The van der Waals surface area contributed by atoms with E-state index in [1.807, 2.05) is 0 Å². The standard InChI is InChI=1S/C16H24N4O4/c21-14(11-5-6-12(10-11)15(22)23)17-7-3-9-20-16(24)19-8-2-1-4-13(19)18-20/h11-12H,1-10H2,(H,17,21)(H,22,23)/t11-,12+/m0/s1. The van der Waals surface area contributed by atoms with Crippen LogP contribution in [0.5, 0.6) is 0 Å². The van der Waals surface area contributed by atoms with Crippen LogP contribution in [0.3, 0.4) is 0 Å². The van der Waals surface area contributed by atoms with Crippen molar-refractivity contribution in [3.05, 3.63) is 16.3 Å². The lowest BCUT2D eigenvalue weighted by Gasteiger charge is -2.10. The number of nitrogens with one attached hydrogen (secondary N) is 1. The van der Waals surface area contributed by atoms with Crippen molar-refractivity contribution in [2.24, 2.45) is 11.8 Å². The van der Waals surface area contributed by atoms with Crippen LogP contribution in [0.15, 0.2) is 4.79 Å². The molecule has 24 heavy (non-hydrogen) atoms. The van der Waals surface area contributed by atoms with Crippen LogP contribution in [-0.2, 0) is 29.1 Å². The number of hydrogen-bond donors (Lipinski definition) is 2. The fraction of sp³-hybridized carbons (Fsp3) is 0.750. The second-order valence-electron chi connectivity index (χ2n) is 6.72. The fourth-order valence-electron chi connectivity index (χ4n) is 3.62. The third kappa shape index (κ3) is 3.52. The van der Waals surface area contributed by atoms with Crippen LogP contribution in [0, 0.1) is 11.8 Å². The third-order valence-electron chi connectivity index (χ3n) is 5.03. The van der Waals surface area contributed by atoms with E-state index in [-0.39, 0.29) is 17.5 Å². The van der Waals surface area contributed by atoms with Crippen LogP contribution in [0.2, 0.25) is 0 Å². The van der Waals surface area contributed by atoms with E-state index >= 15 is 0 Å². The molecule has 2 heterocycles. The SMILES string of the molecule is O=C(O)[C@@H]1CC[C@H](C(=O)NCCCn2nc3n(c2=O)CCCC3)C1. The predicted octanol–water partition coefficient (Wildman–Crippen LogP) is 0.388. The molecule has 8 heteroatoms. The average Bonchev–Trinajstić information content (AvgIpc) is 3.18. The number of aromatic nitrogens is 3. The fourth-order valence-corrected chi connectivity index (χ4v) is 3.62. The molecule has 8 nitrogen and oxygen atoms in total. The topological polar surface area (TPSA) is 106 Å². The van der Waals surface area contributed by atoms with Crippen LogP contribution in [-0.4, -0.2) is 37.9 Å². The number of carboxylic acid groups (broad SMARTS) is 1. The molecule has 132 valence electrons. The first-order valence-electron chi connectivity index (χ1n) is 8.73. The summed E-state index contributed by atoms with van der Waals surface area (Å²) in [7, 11) is 0. The van der Waals surface area contributed by atoms with Crippen molar-refractivity contribution in [3.63, 3.8) is 0 Å². The van der Waals surface area contributed by atoms with Crippen molar-refractivity contribution >= 4 is 11.9 Å². The lowest BCUT2D eigenvalue weighted by atomic mass is 10.0. The Labute approximate surface area is 139 Å². The minimum atomic E-state index is -0.812. The van der Waals surface area contributed by atoms with Gasteiger partial charge in [-0.2, -0.15) is 5.10 Å². The molecule has 0 unspecified atom stereocenters. The van der Waals surface area contributed by atoms with Crippen molar-refractivity contribution in [1.29, 1.82) is 0 Å². The summed E-state index contributed by atoms with van der Waals surface area (Å²) in [6.07, 6.45) is 5.22. The van der Waals surface area contributed by atoms with Gasteiger partial charge in [-0.25, -0.2) is 9.48 Å². The summed E-state index contributed by atoms with van der Waals surface area (Å²) in [6, 6.07) is 0. The number of carbonyl (C=O) groups excluding carboxylic acids is 1. The molecule has 3 rings (SSSR count). The molecule has 0 aromatic carbocycles. The van der Waals surface area contributed by atoms with Gasteiger partial charge >= 0.3 is 11.7 Å². The lowest BCUT2D eigenvalue weighted by Crippen LogP contribution is -2.32.